The number of rotatable bonds is 6. The number of nitriles is 1. The quantitative estimate of drug-likeness (QED) is 0.649. The van der Waals surface area contributed by atoms with Gasteiger partial charge in [0.1, 0.15) is 11.5 Å². The second kappa shape index (κ2) is 8.41. The third kappa shape index (κ3) is 4.77. The number of nitrogens with one attached hydrogen (secondary N) is 1. The van der Waals surface area contributed by atoms with Gasteiger partial charge in [0.2, 0.25) is 5.91 Å². The van der Waals surface area contributed by atoms with Crippen LogP contribution in [0.3, 0.4) is 0 Å². The number of carbonyl (C=O) groups excluding carboxylic acids is 1. The number of ether oxygens (including phenoxy) is 2. The summed E-state index contributed by atoms with van der Waals surface area (Å²) in [5.41, 5.74) is 1.11. The highest BCUT2D eigenvalue weighted by Crippen LogP contribution is 2.32. The first-order valence-electron chi connectivity index (χ1n) is 8.06. The van der Waals surface area contributed by atoms with Crippen molar-refractivity contribution in [2.24, 2.45) is 0 Å². The van der Waals surface area contributed by atoms with Gasteiger partial charge in [0.25, 0.3) is 0 Å². The number of nitrogens with zero attached hydrogens (tertiary/aromatic N) is 1. The van der Waals surface area contributed by atoms with Gasteiger partial charge in [-0.05, 0) is 54.6 Å². The average molecular weight is 360 g/mol. The van der Waals surface area contributed by atoms with Crippen molar-refractivity contribution in [3.8, 4) is 23.3 Å². The van der Waals surface area contributed by atoms with Gasteiger partial charge < -0.3 is 19.2 Å². The molecule has 0 saturated carbocycles. The molecule has 0 aliphatic rings. The molecule has 1 heterocycles. The SMILES string of the molecule is COc1cc(C#N)ccc1Oc1ccc(NC(=O)C=Cc2ccco2)cc1. The van der Waals surface area contributed by atoms with E-state index >= 15 is 0 Å². The Morgan fingerprint density at radius 1 is 1.15 bits per heavy atom. The molecule has 1 aromatic heterocycles. The lowest BCUT2D eigenvalue weighted by atomic mass is 10.2. The summed E-state index contributed by atoms with van der Waals surface area (Å²) in [5.74, 6) is 1.87. The van der Waals surface area contributed by atoms with Gasteiger partial charge in [0.15, 0.2) is 11.5 Å². The molecule has 6 nitrogen and oxygen atoms in total. The maximum atomic E-state index is 11.9. The van der Waals surface area contributed by atoms with Gasteiger partial charge in [-0.3, -0.25) is 4.79 Å². The molecular weight excluding hydrogens is 344 g/mol. The molecule has 0 atom stereocenters. The second-order valence-electron chi connectivity index (χ2n) is 5.44. The molecule has 134 valence electrons. The smallest absolute Gasteiger partial charge is 0.248 e. The summed E-state index contributed by atoms with van der Waals surface area (Å²) in [5, 5.41) is 11.7. The summed E-state index contributed by atoms with van der Waals surface area (Å²) >= 11 is 0. The van der Waals surface area contributed by atoms with E-state index in [-0.39, 0.29) is 5.91 Å². The van der Waals surface area contributed by atoms with Crippen LogP contribution in [0.15, 0.2) is 71.4 Å². The summed E-state index contributed by atoms with van der Waals surface area (Å²) in [6.45, 7) is 0. The highest BCUT2D eigenvalue weighted by molar-refractivity contribution is 6.01. The van der Waals surface area contributed by atoms with Crippen molar-refractivity contribution in [3.63, 3.8) is 0 Å². The third-order valence-corrected chi connectivity index (χ3v) is 3.58. The summed E-state index contributed by atoms with van der Waals surface area (Å²) in [4.78, 5) is 11.9. The van der Waals surface area contributed by atoms with Gasteiger partial charge in [0, 0.05) is 17.8 Å². The normalized spacial score (nSPS) is 10.4. The number of benzene rings is 2. The van der Waals surface area contributed by atoms with E-state index in [1.54, 1.807) is 66.9 Å². The lowest BCUT2D eigenvalue weighted by Gasteiger charge is -2.11. The van der Waals surface area contributed by atoms with Gasteiger partial charge in [0.05, 0.1) is 25.0 Å². The standard InChI is InChI=1S/C21H16N2O4/c1-25-20-13-15(14-22)4-10-19(20)27-18-7-5-16(6-8-18)23-21(24)11-9-17-3-2-12-26-17/h2-13H,1H3,(H,23,24). The van der Waals surface area contributed by atoms with Crippen molar-refractivity contribution in [2.75, 3.05) is 12.4 Å². The van der Waals surface area contributed by atoms with Crippen LogP contribution in [-0.2, 0) is 4.79 Å². The number of furan rings is 1. The number of methoxy groups -OCH3 is 1. The average Bonchev–Trinajstić information content (AvgIpc) is 3.22. The Labute approximate surface area is 156 Å². The van der Waals surface area contributed by atoms with Crippen molar-refractivity contribution in [2.45, 2.75) is 0 Å². The Bertz CT molecular complexity index is 984. The zero-order valence-corrected chi connectivity index (χ0v) is 14.5. The fraction of sp³-hybridized carbons (Fsp3) is 0.0476. The van der Waals surface area contributed by atoms with Crippen molar-refractivity contribution in [3.05, 3.63) is 78.3 Å². The second-order valence-corrected chi connectivity index (χ2v) is 5.44. The van der Waals surface area contributed by atoms with Gasteiger partial charge >= 0.3 is 0 Å². The summed E-state index contributed by atoms with van der Waals surface area (Å²) in [6.07, 6.45) is 4.52. The van der Waals surface area contributed by atoms with E-state index in [1.165, 1.54) is 13.2 Å². The van der Waals surface area contributed by atoms with Crippen molar-refractivity contribution >= 4 is 17.7 Å². The minimum atomic E-state index is -0.270. The molecule has 3 aromatic rings. The predicted molar refractivity (Wildman–Crippen MR) is 101 cm³/mol. The fourth-order valence-corrected chi connectivity index (χ4v) is 2.28. The lowest BCUT2D eigenvalue weighted by molar-refractivity contribution is -0.111. The first-order chi connectivity index (χ1) is 13.2. The van der Waals surface area contributed by atoms with Crippen LogP contribution < -0.4 is 14.8 Å². The number of hydrogen-bond acceptors (Lipinski definition) is 5. The Kier molecular flexibility index (Phi) is 5.55. The van der Waals surface area contributed by atoms with E-state index in [1.807, 2.05) is 0 Å². The molecule has 0 saturated heterocycles. The number of carbonyl (C=O) groups is 1. The van der Waals surface area contributed by atoms with Crippen molar-refractivity contribution in [1.29, 1.82) is 5.26 Å². The Hall–Kier alpha value is -3.98. The van der Waals surface area contributed by atoms with E-state index in [4.69, 9.17) is 19.2 Å². The largest absolute Gasteiger partial charge is 0.493 e. The van der Waals surface area contributed by atoms with Gasteiger partial charge in [-0.2, -0.15) is 5.26 Å². The summed E-state index contributed by atoms with van der Waals surface area (Å²) < 4.78 is 16.2. The van der Waals surface area contributed by atoms with Crippen LogP contribution in [0.1, 0.15) is 11.3 Å². The molecule has 1 N–H and O–H groups in total. The Morgan fingerprint density at radius 2 is 1.96 bits per heavy atom. The van der Waals surface area contributed by atoms with Crippen LogP contribution >= 0.6 is 0 Å². The molecule has 27 heavy (non-hydrogen) atoms. The predicted octanol–water partition coefficient (Wildman–Crippen LogP) is 4.60. The van der Waals surface area contributed by atoms with E-state index in [9.17, 15) is 4.79 Å². The maximum absolute atomic E-state index is 11.9. The van der Waals surface area contributed by atoms with E-state index in [0.717, 1.165) is 0 Å². The van der Waals surface area contributed by atoms with Crippen LogP contribution in [-0.4, -0.2) is 13.0 Å². The first-order valence-corrected chi connectivity index (χ1v) is 8.06. The van der Waals surface area contributed by atoms with Gasteiger partial charge in [-0.1, -0.05) is 0 Å². The highest BCUT2D eigenvalue weighted by Gasteiger charge is 2.07. The van der Waals surface area contributed by atoms with Crippen LogP contribution in [0.5, 0.6) is 17.2 Å². The summed E-state index contributed by atoms with van der Waals surface area (Å²) in [6, 6.07) is 17.4. The number of hydrogen-bond donors (Lipinski definition) is 1. The monoisotopic (exact) mass is 360 g/mol. The zero-order valence-electron chi connectivity index (χ0n) is 14.5. The Balaban J connectivity index is 1.64. The van der Waals surface area contributed by atoms with Gasteiger partial charge in [-0.15, -0.1) is 0 Å². The zero-order chi connectivity index (χ0) is 19.1. The van der Waals surface area contributed by atoms with Crippen LogP contribution in [0.25, 0.3) is 6.08 Å². The van der Waals surface area contributed by atoms with Crippen LogP contribution in [0.4, 0.5) is 5.69 Å². The molecule has 0 bridgehead atoms. The minimum Gasteiger partial charge on any atom is -0.493 e. The van der Waals surface area contributed by atoms with E-state index in [0.29, 0.717) is 34.3 Å². The topological polar surface area (TPSA) is 84.5 Å². The number of anilines is 1. The molecule has 0 spiro atoms. The molecule has 6 heteroatoms. The maximum Gasteiger partial charge on any atom is 0.248 e. The lowest BCUT2D eigenvalue weighted by Crippen LogP contribution is -2.07. The molecule has 2 aromatic carbocycles. The van der Waals surface area contributed by atoms with Crippen LogP contribution in [0.2, 0.25) is 0 Å². The molecule has 3 rings (SSSR count). The number of amides is 1. The fourth-order valence-electron chi connectivity index (χ4n) is 2.28. The summed E-state index contributed by atoms with van der Waals surface area (Å²) in [7, 11) is 1.51. The van der Waals surface area contributed by atoms with E-state index in [2.05, 4.69) is 11.4 Å². The third-order valence-electron chi connectivity index (χ3n) is 3.58. The molecule has 1 amide bonds. The van der Waals surface area contributed by atoms with Gasteiger partial charge in [-0.25, -0.2) is 0 Å². The molecule has 0 radical (unpaired) electrons. The van der Waals surface area contributed by atoms with Crippen molar-refractivity contribution in [1.82, 2.24) is 0 Å². The van der Waals surface area contributed by atoms with E-state index < -0.39 is 0 Å². The molecule has 0 aliphatic heterocycles. The molecule has 0 aliphatic carbocycles. The first kappa shape index (κ1) is 17.8. The highest BCUT2D eigenvalue weighted by atomic mass is 16.5. The molecular formula is C21H16N2O4. The minimum absolute atomic E-state index is 0.270. The molecule has 0 fully saturated rings. The Morgan fingerprint density at radius 3 is 2.63 bits per heavy atom. The van der Waals surface area contributed by atoms with Crippen molar-refractivity contribution < 1.29 is 18.7 Å². The molecule has 0 unspecified atom stereocenters. The van der Waals surface area contributed by atoms with Crippen LogP contribution in [0, 0.1) is 11.3 Å².